The first-order chi connectivity index (χ1) is 13.1. The molecule has 0 aliphatic rings. The van der Waals surface area contributed by atoms with Gasteiger partial charge < -0.3 is 10.3 Å². The zero-order chi connectivity index (χ0) is 19.2. The monoisotopic (exact) mass is 362 g/mol. The minimum absolute atomic E-state index is 0.387. The topological polar surface area (TPSA) is 27.8 Å². The number of aromatic amines is 1. The van der Waals surface area contributed by atoms with Crippen molar-refractivity contribution in [3.63, 3.8) is 0 Å². The van der Waals surface area contributed by atoms with Gasteiger partial charge in [-0.2, -0.15) is 0 Å². The highest BCUT2D eigenvalue weighted by atomic mass is 14.8. The van der Waals surface area contributed by atoms with Crippen LogP contribution in [0.2, 0.25) is 0 Å². The summed E-state index contributed by atoms with van der Waals surface area (Å²) in [6.07, 6.45) is 5.96. The van der Waals surface area contributed by atoms with Crippen LogP contribution < -0.4 is 5.32 Å². The predicted octanol–water partition coefficient (Wildman–Crippen LogP) is 6.12. The summed E-state index contributed by atoms with van der Waals surface area (Å²) in [5, 5.41) is 4.63. The summed E-state index contributed by atoms with van der Waals surface area (Å²) in [5.74, 6) is 0.387. The Morgan fingerprint density at radius 2 is 1.78 bits per heavy atom. The van der Waals surface area contributed by atoms with E-state index in [4.69, 9.17) is 0 Å². The predicted molar refractivity (Wildman–Crippen MR) is 118 cm³/mol. The molecule has 0 aliphatic carbocycles. The van der Waals surface area contributed by atoms with Gasteiger partial charge in [0.05, 0.1) is 0 Å². The number of hydrogen-bond donors (Lipinski definition) is 2. The van der Waals surface area contributed by atoms with Crippen LogP contribution in [0.5, 0.6) is 0 Å². The average molecular weight is 363 g/mol. The number of H-pyrrole nitrogens is 1. The highest BCUT2D eigenvalue weighted by molar-refractivity contribution is 5.85. The van der Waals surface area contributed by atoms with Crippen molar-refractivity contribution in [2.45, 2.75) is 58.8 Å². The van der Waals surface area contributed by atoms with E-state index in [0.29, 0.717) is 5.92 Å². The first-order valence-corrected chi connectivity index (χ1v) is 10.5. The van der Waals surface area contributed by atoms with Crippen LogP contribution in [0.15, 0.2) is 42.5 Å². The molecule has 0 saturated heterocycles. The van der Waals surface area contributed by atoms with Crippen molar-refractivity contribution in [3.8, 4) is 0 Å². The Morgan fingerprint density at radius 3 is 2.48 bits per heavy atom. The smallest absolute Gasteiger partial charge is 0.0459 e. The molecule has 1 aromatic heterocycles. The van der Waals surface area contributed by atoms with Crippen molar-refractivity contribution in [2.75, 3.05) is 13.6 Å². The molecule has 3 aromatic rings. The number of benzene rings is 2. The van der Waals surface area contributed by atoms with Crippen LogP contribution in [0.1, 0.15) is 67.0 Å². The van der Waals surface area contributed by atoms with Gasteiger partial charge in [-0.05, 0) is 75.0 Å². The van der Waals surface area contributed by atoms with Gasteiger partial charge >= 0.3 is 0 Å². The summed E-state index contributed by atoms with van der Waals surface area (Å²) in [6.45, 7) is 7.89. The lowest BCUT2D eigenvalue weighted by Gasteiger charge is -2.14. The Bertz CT molecular complexity index is 858. The van der Waals surface area contributed by atoms with E-state index in [1.165, 1.54) is 64.5 Å². The summed E-state index contributed by atoms with van der Waals surface area (Å²) >= 11 is 0. The van der Waals surface area contributed by atoms with E-state index in [1.807, 2.05) is 7.05 Å². The van der Waals surface area contributed by atoms with E-state index in [-0.39, 0.29) is 0 Å². The highest BCUT2D eigenvalue weighted by Gasteiger charge is 2.18. The second kappa shape index (κ2) is 9.23. The number of fused-ring (bicyclic) bond motifs is 1. The second-order valence-electron chi connectivity index (χ2n) is 7.84. The van der Waals surface area contributed by atoms with Gasteiger partial charge in [-0.15, -0.1) is 0 Å². The minimum atomic E-state index is 0.387. The minimum Gasteiger partial charge on any atom is -0.358 e. The average Bonchev–Trinajstić information content (AvgIpc) is 3.03. The Morgan fingerprint density at radius 1 is 1.00 bits per heavy atom. The van der Waals surface area contributed by atoms with Gasteiger partial charge in [0.2, 0.25) is 0 Å². The standard InChI is InChI=1S/C25H34N2/c1-5-8-22-23-17-18(2)10-15-24(23)27-25(22)19(3)21-13-11-20(12-14-21)9-6-7-16-26-4/h10-15,17,19,26-27H,5-9,16H2,1-4H3. The third kappa shape index (κ3) is 4.62. The molecule has 0 bridgehead atoms. The molecular formula is C25H34N2. The number of aromatic nitrogens is 1. The molecule has 2 nitrogen and oxygen atoms in total. The van der Waals surface area contributed by atoms with Crippen LogP contribution in [0, 0.1) is 6.92 Å². The molecule has 0 fully saturated rings. The van der Waals surface area contributed by atoms with Crippen molar-refractivity contribution < 1.29 is 0 Å². The van der Waals surface area contributed by atoms with Crippen molar-refractivity contribution in [1.82, 2.24) is 10.3 Å². The van der Waals surface area contributed by atoms with Crippen molar-refractivity contribution in [1.29, 1.82) is 0 Å². The maximum Gasteiger partial charge on any atom is 0.0459 e. The van der Waals surface area contributed by atoms with E-state index >= 15 is 0 Å². The van der Waals surface area contributed by atoms with Crippen LogP contribution in [0.4, 0.5) is 0 Å². The number of aryl methyl sites for hydroxylation is 3. The Kier molecular flexibility index (Phi) is 6.73. The fourth-order valence-corrected chi connectivity index (χ4v) is 4.04. The summed E-state index contributed by atoms with van der Waals surface area (Å²) in [7, 11) is 2.02. The van der Waals surface area contributed by atoms with Crippen molar-refractivity contribution in [3.05, 3.63) is 70.4 Å². The fraction of sp³-hybridized carbons (Fsp3) is 0.440. The molecule has 1 unspecified atom stereocenters. The Hall–Kier alpha value is -2.06. The van der Waals surface area contributed by atoms with E-state index in [1.54, 1.807) is 0 Å². The molecule has 27 heavy (non-hydrogen) atoms. The van der Waals surface area contributed by atoms with Crippen LogP contribution >= 0.6 is 0 Å². The quantitative estimate of drug-likeness (QED) is 0.441. The molecule has 1 atom stereocenters. The molecule has 0 saturated carbocycles. The molecule has 144 valence electrons. The molecule has 2 heteroatoms. The lowest BCUT2D eigenvalue weighted by Crippen LogP contribution is -2.07. The van der Waals surface area contributed by atoms with E-state index in [2.05, 4.69) is 73.5 Å². The van der Waals surface area contributed by atoms with Gasteiger partial charge in [0.15, 0.2) is 0 Å². The summed E-state index contributed by atoms with van der Waals surface area (Å²) in [6, 6.07) is 16.0. The molecule has 2 aromatic carbocycles. The van der Waals surface area contributed by atoms with Gasteiger partial charge in [-0.1, -0.05) is 56.2 Å². The van der Waals surface area contributed by atoms with Gasteiger partial charge in [0, 0.05) is 22.5 Å². The number of hydrogen-bond acceptors (Lipinski definition) is 1. The lowest BCUT2D eigenvalue weighted by molar-refractivity contribution is 0.677. The molecular weight excluding hydrogens is 328 g/mol. The Labute approximate surface area is 164 Å². The van der Waals surface area contributed by atoms with Crippen molar-refractivity contribution in [2.24, 2.45) is 0 Å². The lowest BCUT2D eigenvalue weighted by atomic mass is 9.91. The molecule has 3 rings (SSSR count). The molecule has 0 spiro atoms. The van der Waals surface area contributed by atoms with Gasteiger partial charge in [-0.3, -0.25) is 0 Å². The normalized spacial score (nSPS) is 12.6. The van der Waals surface area contributed by atoms with Gasteiger partial charge in [-0.25, -0.2) is 0 Å². The van der Waals surface area contributed by atoms with Gasteiger partial charge in [0.1, 0.15) is 0 Å². The van der Waals surface area contributed by atoms with Gasteiger partial charge in [0.25, 0.3) is 0 Å². The van der Waals surface area contributed by atoms with E-state index < -0.39 is 0 Å². The first-order valence-electron chi connectivity index (χ1n) is 10.5. The zero-order valence-electron chi connectivity index (χ0n) is 17.4. The zero-order valence-corrected chi connectivity index (χ0v) is 17.4. The molecule has 0 radical (unpaired) electrons. The van der Waals surface area contributed by atoms with Crippen LogP contribution in [-0.2, 0) is 12.8 Å². The van der Waals surface area contributed by atoms with Crippen LogP contribution in [-0.4, -0.2) is 18.6 Å². The molecule has 2 N–H and O–H groups in total. The summed E-state index contributed by atoms with van der Waals surface area (Å²) < 4.78 is 0. The Balaban J connectivity index is 1.82. The third-order valence-electron chi connectivity index (χ3n) is 5.65. The fourth-order valence-electron chi connectivity index (χ4n) is 4.04. The van der Waals surface area contributed by atoms with E-state index in [9.17, 15) is 0 Å². The summed E-state index contributed by atoms with van der Waals surface area (Å²) in [5.41, 5.74) is 8.34. The number of rotatable bonds is 9. The maximum absolute atomic E-state index is 3.73. The SMILES string of the molecule is CCCc1c(C(C)c2ccc(CCCCNC)cc2)[nH]c2ccc(C)cc12. The number of unbranched alkanes of at least 4 members (excludes halogenated alkanes) is 1. The maximum atomic E-state index is 3.73. The van der Waals surface area contributed by atoms with E-state index in [0.717, 1.165) is 13.0 Å². The molecule has 1 heterocycles. The first kappa shape index (κ1) is 19.7. The highest BCUT2D eigenvalue weighted by Crippen LogP contribution is 2.33. The summed E-state index contributed by atoms with van der Waals surface area (Å²) in [4.78, 5) is 3.73. The number of nitrogens with one attached hydrogen (secondary N) is 2. The molecule has 0 amide bonds. The van der Waals surface area contributed by atoms with Crippen molar-refractivity contribution >= 4 is 10.9 Å². The second-order valence-corrected chi connectivity index (χ2v) is 7.84. The van der Waals surface area contributed by atoms with Crippen LogP contribution in [0.25, 0.3) is 10.9 Å². The molecule has 0 aliphatic heterocycles. The van der Waals surface area contributed by atoms with Crippen LogP contribution in [0.3, 0.4) is 0 Å². The third-order valence-corrected chi connectivity index (χ3v) is 5.65. The largest absolute Gasteiger partial charge is 0.358 e.